The predicted molar refractivity (Wildman–Crippen MR) is 139 cm³/mol. The molecule has 3 N–H and O–H groups in total. The van der Waals surface area contributed by atoms with Gasteiger partial charge in [-0.1, -0.05) is 34.5 Å². The van der Waals surface area contributed by atoms with Gasteiger partial charge in [0.2, 0.25) is 0 Å². The summed E-state index contributed by atoms with van der Waals surface area (Å²) < 4.78 is 11.0. The minimum atomic E-state index is -0.371. The fourth-order valence-electron chi connectivity index (χ4n) is 3.76. The van der Waals surface area contributed by atoms with Gasteiger partial charge in [0.05, 0.1) is 34.5 Å². The number of aryl methyl sites for hydroxylation is 1. The van der Waals surface area contributed by atoms with Crippen molar-refractivity contribution < 1.29 is 19.1 Å². The predicted octanol–water partition coefficient (Wildman–Crippen LogP) is 4.17. The minimum absolute atomic E-state index is 0.127. The Morgan fingerprint density at radius 3 is 2.57 bits per heavy atom. The first kappa shape index (κ1) is 27.7. The van der Waals surface area contributed by atoms with Crippen LogP contribution in [0.5, 0.6) is 0 Å². The highest BCUT2D eigenvalue weighted by molar-refractivity contribution is 7.17. The summed E-state index contributed by atoms with van der Waals surface area (Å²) in [5.74, 6) is -0.705. The van der Waals surface area contributed by atoms with E-state index in [4.69, 9.17) is 37.7 Å². The van der Waals surface area contributed by atoms with E-state index in [-0.39, 0.29) is 40.3 Å². The van der Waals surface area contributed by atoms with Crippen LogP contribution in [0.25, 0.3) is 0 Å². The molecule has 2 atom stereocenters. The summed E-state index contributed by atoms with van der Waals surface area (Å²) in [5.41, 5.74) is 1.41. The van der Waals surface area contributed by atoms with Gasteiger partial charge in [0.25, 0.3) is 5.91 Å². The highest BCUT2D eigenvalue weighted by Crippen LogP contribution is 2.32. The third-order valence-corrected chi connectivity index (χ3v) is 7.75. The van der Waals surface area contributed by atoms with Crippen LogP contribution in [0.1, 0.15) is 65.7 Å². The van der Waals surface area contributed by atoms with Gasteiger partial charge in [-0.05, 0) is 41.0 Å². The fraction of sp³-hybridized carbons (Fsp3) is 0.609. The number of halogens is 2. The lowest BCUT2D eigenvalue weighted by Crippen LogP contribution is -2.55. The second-order valence-electron chi connectivity index (χ2n) is 9.44. The number of thiazole rings is 1. The molecule has 0 aliphatic carbocycles. The van der Waals surface area contributed by atoms with Crippen LogP contribution < -0.4 is 15.5 Å². The van der Waals surface area contributed by atoms with E-state index in [2.05, 4.69) is 41.3 Å². The molecule has 0 radical (unpaired) electrons. The molecule has 1 aliphatic rings. The van der Waals surface area contributed by atoms with Crippen molar-refractivity contribution in [1.29, 1.82) is 0 Å². The van der Waals surface area contributed by atoms with Crippen molar-refractivity contribution in [2.24, 2.45) is 0 Å². The Hall–Kier alpha value is -1.85. The number of H-pyrrole nitrogens is 1. The number of nitrogens with one attached hydrogen (secondary N) is 3. The molecule has 1 saturated heterocycles. The number of esters is 1. The number of carbonyl (C=O) groups excluding carboxylic acids is 2. The molecule has 3 rings (SSSR count). The van der Waals surface area contributed by atoms with Crippen molar-refractivity contribution in [3.05, 3.63) is 32.0 Å². The zero-order valence-corrected chi connectivity index (χ0v) is 23.2. The number of hydrogen-bond acceptors (Lipinski definition) is 8. The van der Waals surface area contributed by atoms with Crippen molar-refractivity contribution in [2.75, 3.05) is 31.7 Å². The molecule has 1 fully saturated rings. The number of nitrogens with zero attached hydrogens (tertiary/aromatic N) is 2. The highest BCUT2D eigenvalue weighted by atomic mass is 35.5. The molecule has 1 aliphatic heterocycles. The number of anilines is 1. The van der Waals surface area contributed by atoms with Crippen LogP contribution >= 0.6 is 34.5 Å². The van der Waals surface area contributed by atoms with Crippen LogP contribution in [0.3, 0.4) is 0 Å². The summed E-state index contributed by atoms with van der Waals surface area (Å²) in [6.07, 6.45) is 0.336. The first-order valence-electron chi connectivity index (χ1n) is 11.5. The Morgan fingerprint density at radius 1 is 1.29 bits per heavy atom. The number of aromatic nitrogens is 2. The molecule has 0 saturated carbocycles. The van der Waals surface area contributed by atoms with Gasteiger partial charge in [-0.3, -0.25) is 4.79 Å². The van der Waals surface area contributed by atoms with Crippen LogP contribution in [-0.4, -0.2) is 66.3 Å². The Morgan fingerprint density at radius 2 is 2.00 bits per heavy atom. The molecule has 3 heterocycles. The Labute approximate surface area is 219 Å². The van der Waals surface area contributed by atoms with E-state index in [1.807, 2.05) is 0 Å². The smallest absolute Gasteiger partial charge is 0.350 e. The van der Waals surface area contributed by atoms with Crippen LogP contribution in [0.2, 0.25) is 10.0 Å². The topological polar surface area (TPSA) is 109 Å². The molecule has 35 heavy (non-hydrogen) atoms. The summed E-state index contributed by atoms with van der Waals surface area (Å²) in [6.45, 7) is 11.6. The SMILES string of the molecule is CCOC(=O)c1sc(N2CC[C@H](NC(=O)c3[nH]c(C)c(Cl)c3Cl)[C@H](OC)C2)nc1CNC(C)(C)C. The van der Waals surface area contributed by atoms with E-state index >= 15 is 0 Å². The molecule has 0 unspecified atom stereocenters. The maximum absolute atomic E-state index is 12.8. The molecule has 9 nitrogen and oxygen atoms in total. The lowest BCUT2D eigenvalue weighted by Gasteiger charge is -2.37. The standard InChI is InChI=1S/C23H33Cl2N5O4S/c1-7-34-21(32)19-14(10-26-23(3,4)5)29-22(35-19)30-9-8-13(15(11-30)33-6)28-20(31)18-17(25)16(24)12(2)27-18/h13,15,26-27H,7-11H2,1-6H3,(H,28,31)/t13-,15+/m0/s1. The van der Waals surface area contributed by atoms with Gasteiger partial charge in [-0.2, -0.15) is 0 Å². The lowest BCUT2D eigenvalue weighted by atomic mass is 10.0. The maximum atomic E-state index is 12.8. The second-order valence-corrected chi connectivity index (χ2v) is 11.2. The van der Waals surface area contributed by atoms with Gasteiger partial charge in [-0.15, -0.1) is 0 Å². The average molecular weight is 547 g/mol. The third-order valence-electron chi connectivity index (χ3n) is 5.66. The number of hydrogen-bond donors (Lipinski definition) is 3. The number of rotatable bonds is 8. The summed E-state index contributed by atoms with van der Waals surface area (Å²) in [4.78, 5) is 35.7. The van der Waals surface area contributed by atoms with Crippen molar-refractivity contribution in [2.45, 2.75) is 65.3 Å². The van der Waals surface area contributed by atoms with Crippen molar-refractivity contribution in [1.82, 2.24) is 20.6 Å². The molecule has 12 heteroatoms. The molecule has 2 aromatic rings. The van der Waals surface area contributed by atoms with Crippen LogP contribution in [-0.2, 0) is 16.0 Å². The van der Waals surface area contributed by atoms with Crippen molar-refractivity contribution in [3.63, 3.8) is 0 Å². The zero-order chi connectivity index (χ0) is 25.9. The van der Waals surface area contributed by atoms with Gasteiger partial charge in [0.15, 0.2) is 5.13 Å². The van der Waals surface area contributed by atoms with E-state index in [0.717, 1.165) is 5.13 Å². The molecule has 0 spiro atoms. The zero-order valence-electron chi connectivity index (χ0n) is 20.9. The quantitative estimate of drug-likeness (QED) is 0.427. The monoisotopic (exact) mass is 545 g/mol. The van der Waals surface area contributed by atoms with Gasteiger partial charge < -0.3 is 30.0 Å². The number of methoxy groups -OCH3 is 1. The van der Waals surface area contributed by atoms with Gasteiger partial charge in [0.1, 0.15) is 10.6 Å². The summed E-state index contributed by atoms with van der Waals surface area (Å²) in [7, 11) is 1.61. The second kappa shape index (κ2) is 11.5. The first-order chi connectivity index (χ1) is 16.4. The fourth-order valence-corrected chi connectivity index (χ4v) is 5.19. The van der Waals surface area contributed by atoms with Gasteiger partial charge >= 0.3 is 5.97 Å². The normalized spacial score (nSPS) is 18.6. The van der Waals surface area contributed by atoms with Crippen molar-refractivity contribution in [3.8, 4) is 0 Å². The first-order valence-corrected chi connectivity index (χ1v) is 13.1. The van der Waals surface area contributed by atoms with E-state index < -0.39 is 0 Å². The Bertz CT molecular complexity index is 1070. The molecule has 1 amide bonds. The molecule has 194 valence electrons. The Kier molecular flexibility index (Phi) is 9.09. The number of carbonyl (C=O) groups is 2. The van der Waals surface area contributed by atoms with Gasteiger partial charge in [-0.25, -0.2) is 9.78 Å². The van der Waals surface area contributed by atoms with Crippen molar-refractivity contribution >= 4 is 51.5 Å². The number of amides is 1. The maximum Gasteiger partial charge on any atom is 0.350 e. The van der Waals surface area contributed by atoms with Crippen LogP contribution in [0, 0.1) is 6.92 Å². The minimum Gasteiger partial charge on any atom is -0.462 e. The molecule has 0 bridgehead atoms. The lowest BCUT2D eigenvalue weighted by molar-refractivity contribution is 0.0529. The summed E-state index contributed by atoms with van der Waals surface area (Å²) in [6, 6.07) is -0.228. The van der Waals surface area contributed by atoms with E-state index in [1.165, 1.54) is 11.3 Å². The summed E-state index contributed by atoms with van der Waals surface area (Å²) >= 11 is 13.6. The number of piperidine rings is 1. The largest absolute Gasteiger partial charge is 0.462 e. The van der Waals surface area contributed by atoms with Crippen LogP contribution in [0.15, 0.2) is 0 Å². The summed E-state index contributed by atoms with van der Waals surface area (Å²) in [5, 5.41) is 7.67. The highest BCUT2D eigenvalue weighted by Gasteiger charge is 2.34. The van der Waals surface area contributed by atoms with Crippen LogP contribution in [0.4, 0.5) is 5.13 Å². The number of ether oxygens (including phenoxy) is 2. The molecular formula is C23H33Cl2N5O4S. The average Bonchev–Trinajstić information content (AvgIpc) is 3.34. The molecule has 0 aromatic carbocycles. The third kappa shape index (κ3) is 6.68. The number of aromatic amines is 1. The molecular weight excluding hydrogens is 513 g/mol. The molecule has 2 aromatic heterocycles. The van der Waals surface area contributed by atoms with E-state index in [1.54, 1.807) is 21.0 Å². The van der Waals surface area contributed by atoms with Gasteiger partial charge in [0, 0.05) is 38.0 Å². The van der Waals surface area contributed by atoms with E-state index in [9.17, 15) is 9.59 Å². The Balaban J connectivity index is 1.74. The van der Waals surface area contributed by atoms with E-state index in [0.29, 0.717) is 53.9 Å².